The summed E-state index contributed by atoms with van der Waals surface area (Å²) in [6.45, 7) is 2.61. The molecule has 1 aliphatic rings. The van der Waals surface area contributed by atoms with Crippen LogP contribution < -0.4 is 15.0 Å². The summed E-state index contributed by atoms with van der Waals surface area (Å²) in [7, 11) is 0. The van der Waals surface area contributed by atoms with E-state index >= 15 is 0 Å². The highest BCUT2D eigenvalue weighted by Gasteiger charge is 2.27. The predicted molar refractivity (Wildman–Crippen MR) is 111 cm³/mol. The van der Waals surface area contributed by atoms with Gasteiger partial charge in [-0.2, -0.15) is 0 Å². The van der Waals surface area contributed by atoms with E-state index in [-0.39, 0.29) is 0 Å². The van der Waals surface area contributed by atoms with Crippen LogP contribution in [0.4, 0.5) is 5.82 Å². The van der Waals surface area contributed by atoms with Gasteiger partial charge in [-0.15, -0.1) is 0 Å². The number of hydrogen-bond donors (Lipinski definition) is 1. The zero-order valence-corrected chi connectivity index (χ0v) is 16.8. The molecular formula is C20H18BrClN4O. The zero-order valence-electron chi connectivity index (χ0n) is 14.5. The van der Waals surface area contributed by atoms with E-state index in [1.165, 1.54) is 0 Å². The normalized spacial score (nSPS) is 14.1. The third-order valence-electron chi connectivity index (χ3n) is 4.44. The Morgan fingerprint density at radius 3 is 2.78 bits per heavy atom. The summed E-state index contributed by atoms with van der Waals surface area (Å²) < 4.78 is 6.93. The number of rotatable bonds is 6. The van der Waals surface area contributed by atoms with Gasteiger partial charge in [0.05, 0.1) is 4.47 Å². The monoisotopic (exact) mass is 444 g/mol. The predicted octanol–water partition coefficient (Wildman–Crippen LogP) is 4.66. The summed E-state index contributed by atoms with van der Waals surface area (Å²) in [4.78, 5) is 10.5. The summed E-state index contributed by atoms with van der Waals surface area (Å²) in [5.74, 6) is 2.55. The van der Waals surface area contributed by atoms with Crippen LogP contribution in [-0.2, 0) is 6.54 Å². The van der Waals surface area contributed by atoms with E-state index < -0.39 is 0 Å². The second kappa shape index (κ2) is 8.25. The molecular weight excluding hydrogens is 428 g/mol. The largest absolute Gasteiger partial charge is 0.456 e. The SMILES string of the molecule is Clc1ccc(Oc2ccccc2CNC2CN(c3ccncn3)C2)c(Br)c1. The van der Waals surface area contributed by atoms with Gasteiger partial charge < -0.3 is 15.0 Å². The van der Waals surface area contributed by atoms with E-state index in [1.807, 2.05) is 42.5 Å². The van der Waals surface area contributed by atoms with Gasteiger partial charge in [0.1, 0.15) is 23.6 Å². The quantitative estimate of drug-likeness (QED) is 0.598. The van der Waals surface area contributed by atoms with Crippen molar-refractivity contribution in [2.45, 2.75) is 12.6 Å². The third kappa shape index (κ3) is 4.40. The number of anilines is 1. The van der Waals surface area contributed by atoms with Crippen molar-refractivity contribution in [2.75, 3.05) is 18.0 Å². The summed E-state index contributed by atoms with van der Waals surface area (Å²) in [6, 6.07) is 15.9. The highest BCUT2D eigenvalue weighted by atomic mass is 79.9. The Hall–Kier alpha value is -2.15. The molecule has 27 heavy (non-hydrogen) atoms. The molecule has 1 aliphatic heterocycles. The van der Waals surface area contributed by atoms with Crippen molar-refractivity contribution in [3.8, 4) is 11.5 Å². The molecule has 0 unspecified atom stereocenters. The second-order valence-electron chi connectivity index (χ2n) is 6.33. The zero-order chi connectivity index (χ0) is 18.6. The summed E-state index contributed by atoms with van der Waals surface area (Å²) in [6.07, 6.45) is 3.35. The summed E-state index contributed by atoms with van der Waals surface area (Å²) in [5.41, 5.74) is 1.11. The number of hydrogen-bond acceptors (Lipinski definition) is 5. The number of para-hydroxylation sites is 1. The second-order valence-corrected chi connectivity index (χ2v) is 7.63. The van der Waals surface area contributed by atoms with Crippen LogP contribution in [0, 0.1) is 0 Å². The molecule has 138 valence electrons. The summed E-state index contributed by atoms with van der Waals surface area (Å²) >= 11 is 9.51. The average molecular weight is 446 g/mol. The molecule has 2 heterocycles. The Kier molecular flexibility index (Phi) is 5.57. The van der Waals surface area contributed by atoms with E-state index in [0.717, 1.165) is 47.0 Å². The lowest BCUT2D eigenvalue weighted by molar-refractivity contribution is 0.409. The van der Waals surface area contributed by atoms with Gasteiger partial charge in [-0.3, -0.25) is 0 Å². The molecule has 0 saturated carbocycles. The topological polar surface area (TPSA) is 50.3 Å². The van der Waals surface area contributed by atoms with Crippen molar-refractivity contribution in [3.63, 3.8) is 0 Å². The smallest absolute Gasteiger partial charge is 0.141 e. The standard InChI is InChI=1S/C20H18BrClN4O/c21-17-9-15(22)5-6-19(17)27-18-4-2-1-3-14(18)10-24-16-11-26(12-16)20-7-8-23-13-25-20/h1-9,13,16,24H,10-12H2. The van der Waals surface area contributed by atoms with Crippen LogP contribution in [0.1, 0.15) is 5.56 Å². The van der Waals surface area contributed by atoms with Crippen molar-refractivity contribution in [1.29, 1.82) is 0 Å². The Morgan fingerprint density at radius 2 is 2.00 bits per heavy atom. The van der Waals surface area contributed by atoms with Gasteiger partial charge in [-0.25, -0.2) is 9.97 Å². The molecule has 1 aromatic heterocycles. The number of benzene rings is 2. The Labute approximate surface area is 171 Å². The molecule has 5 nitrogen and oxygen atoms in total. The van der Waals surface area contributed by atoms with Crippen molar-refractivity contribution in [1.82, 2.24) is 15.3 Å². The van der Waals surface area contributed by atoms with Crippen molar-refractivity contribution < 1.29 is 4.74 Å². The minimum Gasteiger partial charge on any atom is -0.456 e. The van der Waals surface area contributed by atoms with Crippen LogP contribution in [0.5, 0.6) is 11.5 Å². The number of nitrogens with one attached hydrogen (secondary N) is 1. The first-order chi connectivity index (χ1) is 13.2. The fourth-order valence-corrected chi connectivity index (χ4v) is 3.71. The fraction of sp³-hybridized carbons (Fsp3) is 0.200. The van der Waals surface area contributed by atoms with Crippen molar-refractivity contribution in [2.24, 2.45) is 0 Å². The lowest BCUT2D eigenvalue weighted by Gasteiger charge is -2.40. The Bertz CT molecular complexity index is 919. The maximum Gasteiger partial charge on any atom is 0.141 e. The first-order valence-corrected chi connectivity index (χ1v) is 9.81. The van der Waals surface area contributed by atoms with E-state index in [1.54, 1.807) is 12.5 Å². The van der Waals surface area contributed by atoms with E-state index in [2.05, 4.69) is 42.2 Å². The maximum atomic E-state index is 6.10. The first-order valence-electron chi connectivity index (χ1n) is 8.64. The molecule has 1 fully saturated rings. The average Bonchev–Trinajstić information content (AvgIpc) is 2.65. The number of halogens is 2. The highest BCUT2D eigenvalue weighted by Crippen LogP contribution is 2.33. The van der Waals surface area contributed by atoms with Crippen LogP contribution in [0.25, 0.3) is 0 Å². The number of nitrogens with zero attached hydrogens (tertiary/aromatic N) is 3. The minimum absolute atomic E-state index is 0.426. The Balaban J connectivity index is 1.36. The summed E-state index contributed by atoms with van der Waals surface area (Å²) in [5, 5.41) is 4.26. The van der Waals surface area contributed by atoms with Crippen LogP contribution in [0.2, 0.25) is 5.02 Å². The molecule has 0 atom stereocenters. The molecule has 3 aromatic rings. The van der Waals surface area contributed by atoms with Crippen LogP contribution in [-0.4, -0.2) is 29.1 Å². The van der Waals surface area contributed by atoms with Gasteiger partial charge in [0.15, 0.2) is 0 Å². The molecule has 0 spiro atoms. The van der Waals surface area contributed by atoms with Crippen molar-refractivity contribution >= 4 is 33.3 Å². The molecule has 7 heteroatoms. The third-order valence-corrected chi connectivity index (χ3v) is 5.29. The molecule has 1 N–H and O–H groups in total. The number of aromatic nitrogens is 2. The molecule has 0 radical (unpaired) electrons. The molecule has 2 aromatic carbocycles. The molecule has 0 amide bonds. The van der Waals surface area contributed by atoms with Gasteiger partial charge in [-0.05, 0) is 46.3 Å². The van der Waals surface area contributed by atoms with Crippen LogP contribution in [0.3, 0.4) is 0 Å². The molecule has 0 aliphatic carbocycles. The molecule has 1 saturated heterocycles. The lowest BCUT2D eigenvalue weighted by Crippen LogP contribution is -2.58. The van der Waals surface area contributed by atoms with Crippen LogP contribution >= 0.6 is 27.5 Å². The van der Waals surface area contributed by atoms with Gasteiger partial charge in [-0.1, -0.05) is 29.8 Å². The van der Waals surface area contributed by atoms with Gasteiger partial charge in [0.25, 0.3) is 0 Å². The van der Waals surface area contributed by atoms with Gasteiger partial charge in [0.2, 0.25) is 0 Å². The lowest BCUT2D eigenvalue weighted by atomic mass is 10.1. The van der Waals surface area contributed by atoms with Crippen LogP contribution in [0.15, 0.2) is 65.5 Å². The first kappa shape index (κ1) is 18.2. The van der Waals surface area contributed by atoms with E-state index in [0.29, 0.717) is 11.1 Å². The highest BCUT2D eigenvalue weighted by molar-refractivity contribution is 9.10. The van der Waals surface area contributed by atoms with Gasteiger partial charge >= 0.3 is 0 Å². The van der Waals surface area contributed by atoms with Crippen molar-refractivity contribution in [3.05, 3.63) is 76.1 Å². The van der Waals surface area contributed by atoms with E-state index in [4.69, 9.17) is 16.3 Å². The molecule has 4 rings (SSSR count). The Morgan fingerprint density at radius 1 is 1.15 bits per heavy atom. The fourth-order valence-electron chi connectivity index (χ4n) is 2.95. The van der Waals surface area contributed by atoms with E-state index in [9.17, 15) is 0 Å². The van der Waals surface area contributed by atoms with Gasteiger partial charge in [0, 0.05) is 42.5 Å². The number of ether oxygens (including phenoxy) is 1. The molecule has 0 bridgehead atoms. The minimum atomic E-state index is 0.426. The maximum absolute atomic E-state index is 6.10.